The van der Waals surface area contributed by atoms with Gasteiger partial charge in [0.25, 0.3) is 0 Å². The predicted octanol–water partition coefficient (Wildman–Crippen LogP) is 9.76. The molecule has 0 fully saturated rings. The standard InChI is InChI=1S/C43H29N3/c1-3-13-32-30(11-1)25-38(36-17-7-5-15-34(32)36)41-27-42(39-26-31-12-2-4-14-33(31)35-16-6-8-18-37(35)39)46-43(45-41)29-22-20-28(21-23-29)40-19-9-10-24-44-40/h1-7,9-17,19-26,35,37,41H,27H2. The van der Waals surface area contributed by atoms with Crippen molar-refractivity contribution in [3.8, 4) is 23.1 Å². The minimum absolute atomic E-state index is 0.0542. The van der Waals surface area contributed by atoms with Crippen molar-refractivity contribution in [3.05, 3.63) is 168 Å². The number of rotatable bonds is 4. The van der Waals surface area contributed by atoms with Crippen LogP contribution in [0.5, 0.6) is 0 Å². The van der Waals surface area contributed by atoms with E-state index in [1.807, 2.05) is 30.5 Å². The molecule has 3 aliphatic rings. The zero-order valence-corrected chi connectivity index (χ0v) is 25.1. The van der Waals surface area contributed by atoms with Crippen molar-refractivity contribution in [2.75, 3.05) is 0 Å². The minimum Gasteiger partial charge on any atom is -0.258 e. The molecule has 3 heteroatoms. The van der Waals surface area contributed by atoms with E-state index in [1.54, 1.807) is 0 Å². The van der Waals surface area contributed by atoms with E-state index in [4.69, 9.17) is 9.98 Å². The second kappa shape index (κ2) is 10.9. The minimum atomic E-state index is -0.101. The van der Waals surface area contributed by atoms with Crippen LogP contribution in [0.3, 0.4) is 0 Å². The Hall–Kier alpha value is -5.85. The highest BCUT2D eigenvalue weighted by Crippen LogP contribution is 2.44. The largest absolute Gasteiger partial charge is 0.258 e. The molecule has 216 valence electrons. The molecular weight excluding hydrogens is 558 g/mol. The number of aromatic nitrogens is 1. The average Bonchev–Trinajstić information content (AvgIpc) is 3.14. The Bertz CT molecular complexity index is 2350. The SMILES string of the molecule is C1#CC2C(C3=NC(c4ccc(-c5ccccn5)cc4)=NC(c4cc5ccccc5c5ccccc45)C3)=Cc3ccccc3C2C=C1. The monoisotopic (exact) mass is 587 g/mol. The summed E-state index contributed by atoms with van der Waals surface area (Å²) >= 11 is 0. The van der Waals surface area contributed by atoms with Gasteiger partial charge in [-0.3, -0.25) is 9.98 Å². The Kier molecular flexibility index (Phi) is 6.32. The second-order valence-electron chi connectivity index (χ2n) is 12.1. The van der Waals surface area contributed by atoms with Gasteiger partial charge in [0.2, 0.25) is 0 Å². The van der Waals surface area contributed by atoms with Crippen LogP contribution in [0.1, 0.15) is 40.6 Å². The summed E-state index contributed by atoms with van der Waals surface area (Å²) in [7, 11) is 0. The van der Waals surface area contributed by atoms with Gasteiger partial charge < -0.3 is 0 Å². The molecule has 3 unspecified atom stereocenters. The lowest BCUT2D eigenvalue weighted by atomic mass is 9.71. The van der Waals surface area contributed by atoms with Crippen LogP contribution in [-0.4, -0.2) is 16.5 Å². The van der Waals surface area contributed by atoms with Crippen LogP contribution < -0.4 is 0 Å². The summed E-state index contributed by atoms with van der Waals surface area (Å²) in [5, 5.41) is 4.98. The topological polar surface area (TPSA) is 37.6 Å². The van der Waals surface area contributed by atoms with E-state index in [-0.39, 0.29) is 17.9 Å². The number of hydrogen-bond acceptors (Lipinski definition) is 3. The summed E-state index contributed by atoms with van der Waals surface area (Å²) in [6.45, 7) is 0. The first-order chi connectivity index (χ1) is 22.8. The van der Waals surface area contributed by atoms with Gasteiger partial charge in [0.15, 0.2) is 5.84 Å². The van der Waals surface area contributed by atoms with Crippen LogP contribution >= 0.6 is 0 Å². The number of hydrogen-bond donors (Lipinski definition) is 0. The molecule has 2 aliphatic carbocycles. The Labute approximate surface area is 268 Å². The summed E-state index contributed by atoms with van der Waals surface area (Å²) in [6, 6.07) is 42.8. The van der Waals surface area contributed by atoms with Crippen LogP contribution in [-0.2, 0) is 0 Å². The third kappa shape index (κ3) is 4.50. The second-order valence-corrected chi connectivity index (χ2v) is 12.1. The van der Waals surface area contributed by atoms with Gasteiger partial charge in [-0.25, -0.2) is 4.99 Å². The van der Waals surface area contributed by atoms with Crippen LogP contribution in [0, 0.1) is 17.8 Å². The first-order valence-electron chi connectivity index (χ1n) is 15.9. The Morgan fingerprint density at radius 1 is 0.674 bits per heavy atom. The number of amidine groups is 1. The smallest absolute Gasteiger partial charge is 0.155 e. The molecule has 46 heavy (non-hydrogen) atoms. The molecule has 5 aromatic carbocycles. The molecular formula is C43H29N3. The summed E-state index contributed by atoms with van der Waals surface area (Å²) in [4.78, 5) is 15.3. The van der Waals surface area contributed by atoms with Crippen LogP contribution in [0.4, 0.5) is 0 Å². The lowest BCUT2D eigenvalue weighted by Crippen LogP contribution is -2.27. The van der Waals surface area contributed by atoms with Crippen LogP contribution in [0.25, 0.3) is 38.9 Å². The molecule has 0 spiro atoms. The zero-order valence-electron chi connectivity index (χ0n) is 25.1. The van der Waals surface area contributed by atoms with Crippen molar-refractivity contribution in [2.24, 2.45) is 15.9 Å². The maximum atomic E-state index is 5.41. The Morgan fingerprint density at radius 2 is 1.43 bits per heavy atom. The van der Waals surface area contributed by atoms with Gasteiger partial charge in [0.1, 0.15) is 0 Å². The molecule has 0 saturated heterocycles. The summed E-state index contributed by atoms with van der Waals surface area (Å²) in [5.74, 6) is 7.86. The van der Waals surface area contributed by atoms with Gasteiger partial charge in [-0.05, 0) is 74.2 Å². The van der Waals surface area contributed by atoms with Crippen LogP contribution in [0.15, 0.2) is 155 Å². The van der Waals surface area contributed by atoms with Gasteiger partial charge in [-0.15, -0.1) is 0 Å². The van der Waals surface area contributed by atoms with Gasteiger partial charge in [0, 0.05) is 35.4 Å². The first kappa shape index (κ1) is 26.5. The highest BCUT2D eigenvalue weighted by atomic mass is 15.0. The molecule has 9 rings (SSSR count). The predicted molar refractivity (Wildman–Crippen MR) is 190 cm³/mol. The van der Waals surface area contributed by atoms with E-state index in [0.717, 1.165) is 28.4 Å². The molecule has 0 bridgehead atoms. The molecule has 2 heterocycles. The van der Waals surface area contributed by atoms with E-state index in [1.165, 1.54) is 43.8 Å². The fourth-order valence-corrected chi connectivity index (χ4v) is 7.27. The zero-order chi connectivity index (χ0) is 30.5. The third-order valence-corrected chi connectivity index (χ3v) is 9.49. The van der Waals surface area contributed by atoms with Crippen molar-refractivity contribution in [2.45, 2.75) is 18.4 Å². The number of aliphatic imine (C=N–C) groups is 2. The molecule has 6 aromatic rings. The molecule has 0 saturated carbocycles. The molecule has 1 aromatic heterocycles. The fraction of sp³-hybridized carbons (Fsp3) is 0.0930. The van der Waals surface area contributed by atoms with E-state index in [2.05, 4.69) is 132 Å². The van der Waals surface area contributed by atoms with E-state index in [0.29, 0.717) is 6.42 Å². The van der Waals surface area contributed by atoms with Gasteiger partial charge in [-0.1, -0.05) is 121 Å². The lowest BCUT2D eigenvalue weighted by Gasteiger charge is -2.33. The highest BCUT2D eigenvalue weighted by Gasteiger charge is 2.35. The molecule has 1 aliphatic heterocycles. The van der Waals surface area contributed by atoms with Crippen molar-refractivity contribution < 1.29 is 0 Å². The quantitative estimate of drug-likeness (QED) is 0.149. The molecule has 0 radical (unpaired) electrons. The highest BCUT2D eigenvalue weighted by molar-refractivity contribution is 6.17. The summed E-state index contributed by atoms with van der Waals surface area (Å²) in [6.07, 6.45) is 9.13. The molecule has 0 N–H and O–H groups in total. The van der Waals surface area contributed by atoms with Crippen molar-refractivity contribution in [1.29, 1.82) is 0 Å². The van der Waals surface area contributed by atoms with Gasteiger partial charge in [-0.2, -0.15) is 0 Å². The third-order valence-electron chi connectivity index (χ3n) is 9.49. The Morgan fingerprint density at radius 3 is 2.30 bits per heavy atom. The van der Waals surface area contributed by atoms with Gasteiger partial charge >= 0.3 is 0 Å². The summed E-state index contributed by atoms with van der Waals surface area (Å²) in [5.41, 5.74) is 9.08. The molecule has 3 atom stereocenters. The number of fused-ring (bicyclic) bond motifs is 6. The maximum Gasteiger partial charge on any atom is 0.155 e. The van der Waals surface area contributed by atoms with Crippen molar-refractivity contribution in [3.63, 3.8) is 0 Å². The fourth-order valence-electron chi connectivity index (χ4n) is 7.27. The van der Waals surface area contributed by atoms with E-state index in [9.17, 15) is 0 Å². The first-order valence-corrected chi connectivity index (χ1v) is 15.9. The molecule has 3 nitrogen and oxygen atoms in total. The average molecular weight is 588 g/mol. The van der Waals surface area contributed by atoms with E-state index < -0.39 is 0 Å². The molecule has 0 amide bonds. The lowest BCUT2D eigenvalue weighted by molar-refractivity contribution is 0.686. The van der Waals surface area contributed by atoms with E-state index >= 15 is 0 Å². The normalized spacial score (nSPS) is 19.7. The summed E-state index contributed by atoms with van der Waals surface area (Å²) < 4.78 is 0. The number of benzene rings is 5. The van der Waals surface area contributed by atoms with Crippen molar-refractivity contribution in [1.82, 2.24) is 4.98 Å². The maximum absolute atomic E-state index is 5.41. The van der Waals surface area contributed by atoms with Crippen molar-refractivity contribution >= 4 is 39.2 Å². The van der Waals surface area contributed by atoms with Gasteiger partial charge in [0.05, 0.1) is 17.7 Å². The number of allylic oxidation sites excluding steroid dienone is 3. The number of nitrogens with zero attached hydrogens (tertiary/aromatic N) is 3. The van der Waals surface area contributed by atoms with Crippen LogP contribution in [0.2, 0.25) is 0 Å². The Balaban J connectivity index is 1.22. The number of pyridine rings is 1.